The summed E-state index contributed by atoms with van der Waals surface area (Å²) in [6.45, 7) is 8.35. The van der Waals surface area contributed by atoms with Crippen molar-refractivity contribution in [1.29, 1.82) is 0 Å². The molecule has 8 nitrogen and oxygen atoms in total. The van der Waals surface area contributed by atoms with E-state index in [-0.39, 0.29) is 0 Å². The van der Waals surface area contributed by atoms with Crippen molar-refractivity contribution < 1.29 is 0 Å². The van der Waals surface area contributed by atoms with Gasteiger partial charge in [0.1, 0.15) is 0 Å². The minimum atomic E-state index is 0.841. The van der Waals surface area contributed by atoms with Gasteiger partial charge in [-0.2, -0.15) is 0 Å². The van der Waals surface area contributed by atoms with Crippen LogP contribution in [-0.2, 0) is 0 Å². The summed E-state index contributed by atoms with van der Waals surface area (Å²) in [5.74, 6) is 1.68. The Balaban J connectivity index is 0.797. The molecule has 2 N–H and O–H groups in total. The lowest BCUT2D eigenvalue weighted by atomic mass is 9.85. The molecule has 0 aliphatic carbocycles. The molecule has 2 fully saturated rings. The topological polar surface area (TPSA) is 62.8 Å². The third kappa shape index (κ3) is 9.74. The number of pyridine rings is 2. The third-order valence-corrected chi connectivity index (χ3v) is 12.4. The quantitative estimate of drug-likeness (QED) is 0.107. The molecule has 0 saturated carbocycles. The van der Waals surface area contributed by atoms with Gasteiger partial charge in [0.15, 0.2) is 0 Å². The third-order valence-electron chi connectivity index (χ3n) is 12.4. The second-order valence-corrected chi connectivity index (χ2v) is 17.1. The number of nitrogens with zero attached hydrogens (tertiary/aromatic N) is 6. The molecular weight excluding hydrogens is 713 g/mol. The highest BCUT2D eigenvalue weighted by Crippen LogP contribution is 2.35. The van der Waals surface area contributed by atoms with E-state index in [1.807, 2.05) is 0 Å². The van der Waals surface area contributed by atoms with Crippen molar-refractivity contribution in [1.82, 2.24) is 19.8 Å². The highest BCUT2D eigenvalue weighted by Gasteiger charge is 2.24. The van der Waals surface area contributed by atoms with Gasteiger partial charge >= 0.3 is 0 Å². The van der Waals surface area contributed by atoms with E-state index < -0.39 is 0 Å². The van der Waals surface area contributed by atoms with Crippen LogP contribution < -0.4 is 20.4 Å². The summed E-state index contributed by atoms with van der Waals surface area (Å²) in [6.07, 6.45) is 7.91. The van der Waals surface area contributed by atoms with Crippen LogP contribution in [0.4, 0.5) is 22.7 Å². The number of hydrogen-bond donors (Lipinski definition) is 2. The van der Waals surface area contributed by atoms with Gasteiger partial charge in [-0.15, -0.1) is 0 Å². The van der Waals surface area contributed by atoms with Crippen LogP contribution in [0.2, 0.25) is 0 Å². The number of benzene rings is 4. The average Bonchev–Trinajstić information content (AvgIpc) is 3.26. The smallest absolute Gasteiger partial charge is 0.0730 e. The number of nitrogens with one attached hydrogen (secondary N) is 2. The van der Waals surface area contributed by atoms with E-state index in [4.69, 9.17) is 9.97 Å². The van der Waals surface area contributed by atoms with E-state index in [1.54, 1.807) is 0 Å². The highest BCUT2D eigenvalue weighted by atomic mass is 15.1. The molecule has 0 spiro atoms. The van der Waals surface area contributed by atoms with Gasteiger partial charge in [-0.1, -0.05) is 73.5 Å². The molecule has 58 heavy (non-hydrogen) atoms. The lowest BCUT2D eigenvalue weighted by Gasteiger charge is -2.36. The zero-order chi connectivity index (χ0) is 39.8. The van der Waals surface area contributed by atoms with E-state index in [0.717, 1.165) is 98.0 Å². The van der Waals surface area contributed by atoms with E-state index >= 15 is 0 Å². The number of likely N-dealkylation sites (N-methyl/N-ethyl adjacent to an activating group) is 2. The zero-order valence-electron chi connectivity index (χ0n) is 35.1. The van der Waals surface area contributed by atoms with Crippen LogP contribution >= 0.6 is 0 Å². The van der Waals surface area contributed by atoms with Crippen LogP contribution in [0.1, 0.15) is 38.5 Å². The van der Waals surface area contributed by atoms with Gasteiger partial charge in [0.05, 0.1) is 22.4 Å². The Labute approximate surface area is 346 Å². The summed E-state index contributed by atoms with van der Waals surface area (Å²) in [7, 11) is 8.45. The summed E-state index contributed by atoms with van der Waals surface area (Å²) >= 11 is 0. The SMILES string of the molecule is CN(C)CCNc1cc(-c2ccc(N3CCC(CCC4CCN(c5ccc(-c6cc(NCCN(C)C)c7ccccc7n6)cc5)CC4)CC3)cc2)nc2ccccc12. The summed E-state index contributed by atoms with van der Waals surface area (Å²) in [6, 6.07) is 39.5. The number of piperidine rings is 2. The number of fused-ring (bicyclic) bond motifs is 2. The fourth-order valence-corrected chi connectivity index (χ4v) is 8.88. The predicted octanol–water partition coefficient (Wildman–Crippen LogP) is 9.98. The number of aromatic nitrogens is 2. The molecule has 4 aromatic carbocycles. The number of rotatable bonds is 15. The van der Waals surface area contributed by atoms with Gasteiger partial charge in [0, 0.05) is 97.0 Å². The molecule has 2 aromatic heterocycles. The van der Waals surface area contributed by atoms with Crippen molar-refractivity contribution in [3.05, 3.63) is 109 Å². The van der Waals surface area contributed by atoms with Crippen molar-refractivity contribution in [2.45, 2.75) is 38.5 Å². The van der Waals surface area contributed by atoms with Gasteiger partial charge in [0.2, 0.25) is 0 Å². The Bertz CT molecular complexity index is 2070. The maximum absolute atomic E-state index is 5.04. The van der Waals surface area contributed by atoms with E-state index in [0.29, 0.717) is 0 Å². The molecule has 2 aliphatic heterocycles. The molecule has 0 amide bonds. The Morgan fingerprint density at radius 1 is 0.517 bits per heavy atom. The van der Waals surface area contributed by atoms with Gasteiger partial charge < -0.3 is 30.2 Å². The first-order valence-electron chi connectivity index (χ1n) is 21.6. The van der Waals surface area contributed by atoms with Crippen molar-refractivity contribution in [2.75, 3.05) is 101 Å². The largest absolute Gasteiger partial charge is 0.383 e. The number of hydrogen-bond acceptors (Lipinski definition) is 8. The van der Waals surface area contributed by atoms with Crippen LogP contribution in [0.5, 0.6) is 0 Å². The molecule has 2 aliphatic rings. The second-order valence-electron chi connectivity index (χ2n) is 17.1. The molecule has 8 rings (SSSR count). The maximum Gasteiger partial charge on any atom is 0.0730 e. The molecule has 2 saturated heterocycles. The molecule has 0 bridgehead atoms. The number of anilines is 4. The second kappa shape index (κ2) is 18.6. The van der Waals surface area contributed by atoms with Crippen molar-refractivity contribution in [2.24, 2.45) is 11.8 Å². The molecular formula is C50H62N8. The average molecular weight is 775 g/mol. The van der Waals surface area contributed by atoms with Gasteiger partial charge in [0.25, 0.3) is 0 Å². The van der Waals surface area contributed by atoms with E-state index in [9.17, 15) is 0 Å². The Kier molecular flexibility index (Phi) is 12.7. The van der Waals surface area contributed by atoms with Crippen molar-refractivity contribution in [3.63, 3.8) is 0 Å². The van der Waals surface area contributed by atoms with Crippen molar-refractivity contribution in [3.8, 4) is 22.5 Å². The van der Waals surface area contributed by atoms with Gasteiger partial charge in [-0.25, -0.2) is 9.97 Å². The van der Waals surface area contributed by atoms with Crippen LogP contribution in [0, 0.1) is 11.8 Å². The normalized spacial score (nSPS) is 15.6. The fraction of sp³-hybridized carbons (Fsp3) is 0.400. The Morgan fingerprint density at radius 2 is 0.897 bits per heavy atom. The monoisotopic (exact) mass is 775 g/mol. The molecule has 0 atom stereocenters. The molecule has 0 unspecified atom stereocenters. The van der Waals surface area contributed by atoms with Crippen LogP contribution in [0.15, 0.2) is 109 Å². The molecule has 6 aromatic rings. The lowest BCUT2D eigenvalue weighted by molar-refractivity contribution is 0.307. The van der Waals surface area contributed by atoms with E-state index in [2.05, 4.69) is 168 Å². The molecule has 8 heteroatoms. The summed E-state index contributed by atoms with van der Waals surface area (Å²) in [4.78, 5) is 19.7. The molecule has 302 valence electrons. The highest BCUT2D eigenvalue weighted by molar-refractivity contribution is 5.95. The standard InChI is InChI=1S/C50H62N8/c1-55(2)33-27-51-49-35-47(53-45-11-7-5-9-43(45)49)39-15-19-41(20-16-39)57-29-23-37(24-30-57)13-14-38-25-31-58(32-26-38)42-21-17-40(18-22-42)48-36-50(52-28-34-56(3)4)44-10-6-8-12-46(44)54-48/h5-12,15-22,35-38H,13-14,23-34H2,1-4H3,(H,51,53)(H,52,54). The first kappa shape index (κ1) is 39.6. The van der Waals surface area contributed by atoms with Gasteiger partial charge in [-0.3, -0.25) is 0 Å². The minimum absolute atomic E-state index is 0.841. The lowest BCUT2D eigenvalue weighted by Crippen LogP contribution is -2.35. The predicted molar refractivity (Wildman–Crippen MR) is 248 cm³/mol. The molecule has 0 radical (unpaired) electrons. The Morgan fingerprint density at radius 3 is 1.28 bits per heavy atom. The Hall–Kier alpha value is -5.18. The summed E-state index contributed by atoms with van der Waals surface area (Å²) in [5, 5.41) is 9.66. The first-order valence-corrected chi connectivity index (χ1v) is 21.6. The summed E-state index contributed by atoms with van der Waals surface area (Å²) < 4.78 is 0. The summed E-state index contributed by atoms with van der Waals surface area (Å²) in [5.41, 5.74) is 11.4. The van der Waals surface area contributed by atoms with Crippen LogP contribution in [0.25, 0.3) is 44.3 Å². The van der Waals surface area contributed by atoms with Gasteiger partial charge in [-0.05, 0) is 114 Å². The van der Waals surface area contributed by atoms with Crippen LogP contribution in [0.3, 0.4) is 0 Å². The maximum atomic E-state index is 5.04. The van der Waals surface area contributed by atoms with E-state index in [1.165, 1.54) is 71.8 Å². The zero-order valence-corrected chi connectivity index (χ0v) is 35.1. The minimum Gasteiger partial charge on any atom is -0.383 e. The number of para-hydroxylation sites is 2. The molecule has 4 heterocycles. The first-order chi connectivity index (χ1) is 28.4. The van der Waals surface area contributed by atoms with Crippen LogP contribution in [-0.4, -0.2) is 100 Å². The fourth-order valence-electron chi connectivity index (χ4n) is 8.88. The van der Waals surface area contributed by atoms with Crippen molar-refractivity contribution >= 4 is 44.6 Å².